The van der Waals surface area contributed by atoms with E-state index in [1.54, 1.807) is 0 Å². The van der Waals surface area contributed by atoms with Gasteiger partial charge in [-0.2, -0.15) is 4.57 Å². The molecule has 1 aromatic heterocycles. The van der Waals surface area contributed by atoms with Crippen LogP contribution in [-0.2, 0) is 7.05 Å². The highest BCUT2D eigenvalue weighted by molar-refractivity contribution is 5.74. The van der Waals surface area contributed by atoms with E-state index in [0.29, 0.717) is 5.92 Å². The van der Waals surface area contributed by atoms with Crippen LogP contribution in [0.3, 0.4) is 0 Å². The summed E-state index contributed by atoms with van der Waals surface area (Å²) in [7, 11) is 2.15. The maximum atomic E-state index is 2.36. The molecule has 96 valence electrons. The van der Waals surface area contributed by atoms with E-state index in [4.69, 9.17) is 0 Å². The van der Waals surface area contributed by atoms with Gasteiger partial charge in [-0.3, -0.25) is 0 Å². The Hall–Kier alpha value is -2.09. The third kappa shape index (κ3) is 1.84. The summed E-state index contributed by atoms with van der Waals surface area (Å²) in [5.41, 5.74) is 3.76. The Morgan fingerprint density at radius 1 is 0.895 bits per heavy atom. The van der Waals surface area contributed by atoms with Gasteiger partial charge in [0, 0.05) is 0 Å². The zero-order valence-electron chi connectivity index (χ0n) is 11.7. The maximum absolute atomic E-state index is 2.36. The van der Waals surface area contributed by atoms with Crippen molar-refractivity contribution in [3.63, 3.8) is 0 Å². The zero-order valence-corrected chi connectivity index (χ0v) is 11.7. The van der Waals surface area contributed by atoms with Crippen LogP contribution in [0.2, 0.25) is 0 Å². The predicted molar refractivity (Wildman–Crippen MR) is 78.5 cm³/mol. The summed E-state index contributed by atoms with van der Waals surface area (Å²) in [6, 6.07) is 19.1. The van der Waals surface area contributed by atoms with Crippen molar-refractivity contribution in [2.45, 2.75) is 19.8 Å². The molecule has 0 saturated carbocycles. The van der Waals surface area contributed by atoms with Crippen molar-refractivity contribution in [1.82, 2.24) is 4.57 Å². The molecule has 2 heteroatoms. The molecule has 1 heterocycles. The first kappa shape index (κ1) is 12.0. The fourth-order valence-electron chi connectivity index (χ4n) is 2.83. The summed E-state index contributed by atoms with van der Waals surface area (Å²) >= 11 is 0. The molecule has 0 spiro atoms. The number of nitrogens with zero attached hydrogens (tertiary/aromatic N) is 2. The van der Waals surface area contributed by atoms with E-state index in [1.807, 2.05) is 0 Å². The topological polar surface area (TPSA) is 8.81 Å². The molecule has 3 rings (SSSR count). The molecule has 0 aliphatic heterocycles. The van der Waals surface area contributed by atoms with Crippen molar-refractivity contribution in [3.8, 4) is 5.69 Å². The molecule has 19 heavy (non-hydrogen) atoms. The van der Waals surface area contributed by atoms with Gasteiger partial charge in [-0.05, 0) is 24.3 Å². The number of aryl methyl sites for hydroxylation is 1. The van der Waals surface area contributed by atoms with E-state index in [9.17, 15) is 0 Å². The van der Waals surface area contributed by atoms with Crippen LogP contribution in [0.4, 0.5) is 0 Å². The van der Waals surface area contributed by atoms with Gasteiger partial charge in [-0.15, -0.1) is 0 Å². The number of aromatic nitrogens is 2. The smallest absolute Gasteiger partial charge is 0.229 e. The Morgan fingerprint density at radius 2 is 1.53 bits per heavy atom. The molecule has 2 aromatic carbocycles. The zero-order chi connectivity index (χ0) is 13.4. The predicted octanol–water partition coefficient (Wildman–Crippen LogP) is 3.58. The number of fused-ring (bicyclic) bond motifs is 1. The summed E-state index contributed by atoms with van der Waals surface area (Å²) in [6.07, 6.45) is 0. The Morgan fingerprint density at radius 3 is 2.21 bits per heavy atom. The highest BCUT2D eigenvalue weighted by Crippen LogP contribution is 2.24. The van der Waals surface area contributed by atoms with Gasteiger partial charge < -0.3 is 0 Å². The second kappa shape index (κ2) is 4.54. The van der Waals surface area contributed by atoms with Crippen molar-refractivity contribution in [2.24, 2.45) is 7.05 Å². The SMILES string of the molecule is CC(C)c1n(-c2ccccc2)c2ccccc2[n+]1C. The second-order valence-electron chi connectivity index (χ2n) is 5.23. The molecule has 0 bridgehead atoms. The summed E-state index contributed by atoms with van der Waals surface area (Å²) < 4.78 is 4.66. The first-order chi connectivity index (χ1) is 9.20. The standard InChI is InChI=1S/C17H19N2/c1-13(2)17-18(3)15-11-7-8-12-16(15)19(17)14-9-5-4-6-10-14/h4-13H,1-3H3/q+1. The van der Waals surface area contributed by atoms with Gasteiger partial charge in [0.2, 0.25) is 0 Å². The minimum Gasteiger partial charge on any atom is -0.229 e. The second-order valence-corrected chi connectivity index (χ2v) is 5.23. The summed E-state index contributed by atoms with van der Waals surface area (Å²) in [5, 5.41) is 0. The van der Waals surface area contributed by atoms with Crippen LogP contribution in [0.5, 0.6) is 0 Å². The number of hydrogen-bond acceptors (Lipinski definition) is 0. The third-order valence-electron chi connectivity index (χ3n) is 3.59. The molecule has 0 aliphatic carbocycles. The van der Waals surface area contributed by atoms with Crippen LogP contribution in [0.15, 0.2) is 54.6 Å². The van der Waals surface area contributed by atoms with Gasteiger partial charge >= 0.3 is 0 Å². The molecule has 0 N–H and O–H groups in total. The minimum atomic E-state index is 0.470. The minimum absolute atomic E-state index is 0.470. The van der Waals surface area contributed by atoms with Crippen LogP contribution in [0.25, 0.3) is 16.7 Å². The molecule has 0 atom stereocenters. The van der Waals surface area contributed by atoms with Gasteiger partial charge in [-0.1, -0.05) is 44.2 Å². The van der Waals surface area contributed by atoms with Gasteiger partial charge in [0.25, 0.3) is 5.82 Å². The van der Waals surface area contributed by atoms with E-state index < -0.39 is 0 Å². The molecule has 0 aliphatic rings. The number of benzene rings is 2. The molecule has 3 aromatic rings. The largest absolute Gasteiger partial charge is 0.264 e. The molecule has 0 fully saturated rings. The van der Waals surface area contributed by atoms with Gasteiger partial charge in [0.15, 0.2) is 11.0 Å². The lowest BCUT2D eigenvalue weighted by molar-refractivity contribution is -0.654. The number of rotatable bonds is 2. The van der Waals surface area contributed by atoms with E-state index >= 15 is 0 Å². The molecule has 0 unspecified atom stereocenters. The van der Waals surface area contributed by atoms with E-state index in [0.717, 1.165) is 0 Å². The van der Waals surface area contributed by atoms with Crippen LogP contribution in [-0.4, -0.2) is 4.57 Å². The van der Waals surface area contributed by atoms with Crippen LogP contribution in [0.1, 0.15) is 25.6 Å². The molecule has 0 radical (unpaired) electrons. The Bertz CT molecular complexity index is 709. The normalized spacial score (nSPS) is 11.4. The van der Waals surface area contributed by atoms with Crippen molar-refractivity contribution in [3.05, 3.63) is 60.4 Å². The monoisotopic (exact) mass is 251 g/mol. The lowest BCUT2D eigenvalue weighted by Gasteiger charge is -2.05. The van der Waals surface area contributed by atoms with Gasteiger partial charge in [0.1, 0.15) is 5.69 Å². The Labute approximate surface area is 113 Å². The number of hydrogen-bond donors (Lipinski definition) is 0. The lowest BCUT2D eigenvalue weighted by Crippen LogP contribution is -2.33. The maximum Gasteiger partial charge on any atom is 0.264 e. The summed E-state index contributed by atoms with van der Waals surface area (Å²) in [4.78, 5) is 0. The van der Waals surface area contributed by atoms with E-state index in [-0.39, 0.29) is 0 Å². The summed E-state index contributed by atoms with van der Waals surface area (Å²) in [5.74, 6) is 1.80. The molecular formula is C17H19N2+. The van der Waals surface area contributed by atoms with Gasteiger partial charge in [-0.25, -0.2) is 4.57 Å². The Kier molecular flexibility index (Phi) is 2.86. The van der Waals surface area contributed by atoms with Crippen LogP contribution < -0.4 is 4.57 Å². The summed E-state index contributed by atoms with van der Waals surface area (Å²) in [6.45, 7) is 4.49. The van der Waals surface area contributed by atoms with Crippen molar-refractivity contribution in [1.29, 1.82) is 0 Å². The number of para-hydroxylation sites is 3. The van der Waals surface area contributed by atoms with Crippen LogP contribution in [0, 0.1) is 0 Å². The average molecular weight is 251 g/mol. The lowest BCUT2D eigenvalue weighted by atomic mass is 10.2. The molecular weight excluding hydrogens is 232 g/mol. The highest BCUT2D eigenvalue weighted by Gasteiger charge is 2.25. The van der Waals surface area contributed by atoms with E-state index in [2.05, 4.69) is 84.6 Å². The molecule has 0 saturated heterocycles. The van der Waals surface area contributed by atoms with Crippen molar-refractivity contribution < 1.29 is 4.57 Å². The fraction of sp³-hybridized carbons (Fsp3) is 0.235. The van der Waals surface area contributed by atoms with E-state index in [1.165, 1.54) is 22.5 Å². The molecule has 0 amide bonds. The molecule has 2 nitrogen and oxygen atoms in total. The highest BCUT2D eigenvalue weighted by atomic mass is 15.2. The first-order valence-electron chi connectivity index (χ1n) is 6.75. The van der Waals surface area contributed by atoms with Gasteiger partial charge in [0.05, 0.1) is 13.0 Å². The van der Waals surface area contributed by atoms with Crippen LogP contribution >= 0.6 is 0 Å². The average Bonchev–Trinajstić information content (AvgIpc) is 2.74. The number of imidazole rings is 1. The Balaban J connectivity index is 2.42. The fourth-order valence-corrected chi connectivity index (χ4v) is 2.83. The first-order valence-corrected chi connectivity index (χ1v) is 6.75. The van der Waals surface area contributed by atoms with Crippen molar-refractivity contribution >= 4 is 11.0 Å². The third-order valence-corrected chi connectivity index (χ3v) is 3.59. The quantitative estimate of drug-likeness (QED) is 0.616. The van der Waals surface area contributed by atoms with Crippen molar-refractivity contribution in [2.75, 3.05) is 0 Å².